The predicted molar refractivity (Wildman–Crippen MR) is 88.2 cm³/mol. The van der Waals surface area contributed by atoms with Crippen molar-refractivity contribution in [3.63, 3.8) is 0 Å². The highest BCUT2D eigenvalue weighted by molar-refractivity contribution is 5.33. The van der Waals surface area contributed by atoms with E-state index in [0.29, 0.717) is 0 Å². The lowest BCUT2D eigenvalue weighted by molar-refractivity contribution is -0.0454. The van der Waals surface area contributed by atoms with Crippen molar-refractivity contribution in [3.8, 4) is 0 Å². The van der Waals surface area contributed by atoms with E-state index in [1.54, 1.807) is 18.3 Å². The van der Waals surface area contributed by atoms with Gasteiger partial charge in [-0.3, -0.25) is 0 Å². The minimum absolute atomic E-state index is 0.0626. The molecule has 0 bridgehead atoms. The Bertz CT molecular complexity index is 532. The molecule has 4 aliphatic rings. The van der Waals surface area contributed by atoms with Gasteiger partial charge in [-0.25, -0.2) is 0 Å². The van der Waals surface area contributed by atoms with Crippen molar-refractivity contribution in [1.82, 2.24) is 0 Å². The fourth-order valence-electron chi connectivity index (χ4n) is 6.43. The molecule has 122 valence electrons. The summed E-state index contributed by atoms with van der Waals surface area (Å²) in [6.45, 7) is 4.83. The van der Waals surface area contributed by atoms with Crippen LogP contribution in [-0.2, 0) is 4.74 Å². The number of allylic oxidation sites excluding steroid dienone is 3. The smallest absolute Gasteiger partial charge is 0.0959 e. The summed E-state index contributed by atoms with van der Waals surface area (Å²) in [7, 11) is 1.80. The van der Waals surface area contributed by atoms with Gasteiger partial charge >= 0.3 is 0 Å². The fraction of sp³-hybridized carbons (Fsp3) is 0.800. The summed E-state index contributed by atoms with van der Waals surface area (Å²) < 4.78 is 5.50. The van der Waals surface area contributed by atoms with Gasteiger partial charge in [0, 0.05) is 6.42 Å². The summed E-state index contributed by atoms with van der Waals surface area (Å²) in [6, 6.07) is 0. The van der Waals surface area contributed by atoms with Crippen LogP contribution in [0.3, 0.4) is 0 Å². The molecule has 4 rings (SSSR count). The maximum atomic E-state index is 10.5. The zero-order valence-electron chi connectivity index (χ0n) is 14.3. The summed E-state index contributed by atoms with van der Waals surface area (Å²) in [5, 5.41) is 10.5. The van der Waals surface area contributed by atoms with Gasteiger partial charge < -0.3 is 9.84 Å². The fourth-order valence-corrected chi connectivity index (χ4v) is 6.43. The molecule has 6 atom stereocenters. The molecule has 0 unspecified atom stereocenters. The predicted octanol–water partition coefficient (Wildman–Crippen LogP) is 4.45. The maximum absolute atomic E-state index is 10.5. The number of fused-ring (bicyclic) bond motifs is 4. The Morgan fingerprint density at radius 2 is 2.09 bits per heavy atom. The molecule has 1 N–H and O–H groups in total. The van der Waals surface area contributed by atoms with E-state index in [4.69, 9.17) is 4.74 Å². The van der Waals surface area contributed by atoms with Gasteiger partial charge in [0.25, 0.3) is 0 Å². The number of methoxy groups -OCH3 is 1. The van der Waals surface area contributed by atoms with Crippen LogP contribution < -0.4 is 0 Å². The van der Waals surface area contributed by atoms with Crippen LogP contribution in [0, 0.1) is 29.1 Å². The van der Waals surface area contributed by atoms with Crippen LogP contribution in [0.15, 0.2) is 23.0 Å². The van der Waals surface area contributed by atoms with Gasteiger partial charge in [0.15, 0.2) is 0 Å². The molecule has 0 heterocycles. The van der Waals surface area contributed by atoms with Crippen molar-refractivity contribution < 1.29 is 9.84 Å². The second-order valence-electron chi connectivity index (χ2n) is 8.49. The second-order valence-corrected chi connectivity index (χ2v) is 8.49. The van der Waals surface area contributed by atoms with Gasteiger partial charge in [0.1, 0.15) is 0 Å². The molecule has 0 amide bonds. The average Bonchev–Trinajstić information content (AvgIpc) is 2.82. The number of rotatable bonds is 1. The molecular weight excluding hydrogens is 272 g/mol. The molecule has 2 heteroatoms. The molecule has 0 spiro atoms. The zero-order chi connectivity index (χ0) is 15.5. The normalized spacial score (nSPS) is 47.5. The van der Waals surface area contributed by atoms with Crippen molar-refractivity contribution in [2.45, 2.75) is 64.9 Å². The van der Waals surface area contributed by atoms with Crippen LogP contribution in [-0.4, -0.2) is 18.3 Å². The van der Waals surface area contributed by atoms with E-state index in [2.05, 4.69) is 19.9 Å². The zero-order valence-corrected chi connectivity index (χ0v) is 14.3. The highest BCUT2D eigenvalue weighted by Gasteiger charge is 2.56. The molecule has 0 aromatic heterocycles. The first-order chi connectivity index (χ1) is 10.5. The van der Waals surface area contributed by atoms with Gasteiger partial charge in [0.05, 0.1) is 19.0 Å². The lowest BCUT2D eigenvalue weighted by atomic mass is 9.52. The molecule has 2 saturated carbocycles. The highest BCUT2D eigenvalue weighted by Crippen LogP contribution is 2.62. The van der Waals surface area contributed by atoms with E-state index in [1.165, 1.54) is 31.4 Å². The third-order valence-corrected chi connectivity index (χ3v) is 7.61. The van der Waals surface area contributed by atoms with Crippen LogP contribution in [0.2, 0.25) is 0 Å². The minimum atomic E-state index is -0.0626. The topological polar surface area (TPSA) is 29.5 Å². The largest absolute Gasteiger partial charge is 0.501 e. The van der Waals surface area contributed by atoms with E-state index in [9.17, 15) is 5.11 Å². The third-order valence-electron chi connectivity index (χ3n) is 7.61. The molecule has 4 aliphatic carbocycles. The van der Waals surface area contributed by atoms with Crippen molar-refractivity contribution in [1.29, 1.82) is 0 Å². The Hall–Kier alpha value is -0.760. The number of hydrogen-bond donors (Lipinski definition) is 1. The van der Waals surface area contributed by atoms with Crippen LogP contribution in [0.1, 0.15) is 58.8 Å². The lowest BCUT2D eigenvalue weighted by Crippen LogP contribution is -2.47. The van der Waals surface area contributed by atoms with Crippen molar-refractivity contribution in [2.24, 2.45) is 29.1 Å². The van der Waals surface area contributed by atoms with Crippen molar-refractivity contribution in [3.05, 3.63) is 23.0 Å². The summed E-state index contributed by atoms with van der Waals surface area (Å²) in [5.74, 6) is 4.23. The Balaban J connectivity index is 1.66. The highest BCUT2D eigenvalue weighted by atomic mass is 16.5. The van der Waals surface area contributed by atoms with Crippen molar-refractivity contribution in [2.75, 3.05) is 7.11 Å². The van der Waals surface area contributed by atoms with Gasteiger partial charge in [-0.2, -0.15) is 0 Å². The SMILES string of the molecule is COC1=CCC2=C(C1)C[C@H](C)[C@@H]1[C@@H]2CC[C@]2(C)[C@@H](O)CC[C@@H]12. The molecule has 0 aromatic rings. The number of aliphatic hydroxyl groups is 1. The second kappa shape index (κ2) is 5.12. The molecular formula is C20H30O2. The quantitative estimate of drug-likeness (QED) is 0.725. The summed E-state index contributed by atoms with van der Waals surface area (Å²) in [5.41, 5.74) is 3.61. The number of hydrogen-bond acceptors (Lipinski definition) is 2. The average molecular weight is 302 g/mol. The molecule has 0 aliphatic heterocycles. The van der Waals surface area contributed by atoms with Gasteiger partial charge in [-0.15, -0.1) is 0 Å². The number of ether oxygens (including phenoxy) is 1. The summed E-state index contributed by atoms with van der Waals surface area (Å²) in [4.78, 5) is 0. The maximum Gasteiger partial charge on any atom is 0.0959 e. The third kappa shape index (κ3) is 1.95. The standard InChI is InChI=1S/C20H30O2/c1-12-10-13-11-14(22-3)4-5-15(13)16-8-9-20(2)17(19(12)16)6-7-18(20)21/h4,12,16-19,21H,5-11H2,1-3H3/t12-,16+,17-,18-,19+,20-/m0/s1. The lowest BCUT2D eigenvalue weighted by Gasteiger charge is -2.53. The van der Waals surface area contributed by atoms with Gasteiger partial charge in [-0.05, 0) is 73.7 Å². The van der Waals surface area contributed by atoms with Crippen LogP contribution in [0.4, 0.5) is 0 Å². The Morgan fingerprint density at radius 1 is 1.27 bits per heavy atom. The monoisotopic (exact) mass is 302 g/mol. The first kappa shape index (κ1) is 14.8. The van der Waals surface area contributed by atoms with E-state index in [1.807, 2.05) is 0 Å². The van der Waals surface area contributed by atoms with E-state index in [-0.39, 0.29) is 11.5 Å². The van der Waals surface area contributed by atoms with E-state index < -0.39 is 0 Å². The molecule has 2 nitrogen and oxygen atoms in total. The summed E-state index contributed by atoms with van der Waals surface area (Å²) >= 11 is 0. The number of aliphatic hydroxyl groups excluding tert-OH is 1. The Morgan fingerprint density at radius 3 is 2.86 bits per heavy atom. The molecule has 0 saturated heterocycles. The summed E-state index contributed by atoms with van der Waals surface area (Å²) in [6.07, 6.45) is 10.4. The Labute approximate surface area is 134 Å². The van der Waals surface area contributed by atoms with Crippen LogP contribution in [0.5, 0.6) is 0 Å². The molecule has 22 heavy (non-hydrogen) atoms. The van der Waals surface area contributed by atoms with E-state index >= 15 is 0 Å². The molecule has 0 aromatic carbocycles. The van der Waals surface area contributed by atoms with E-state index in [0.717, 1.165) is 42.9 Å². The Kier molecular flexibility index (Phi) is 3.45. The van der Waals surface area contributed by atoms with Crippen LogP contribution >= 0.6 is 0 Å². The molecule has 0 radical (unpaired) electrons. The van der Waals surface area contributed by atoms with Gasteiger partial charge in [0.2, 0.25) is 0 Å². The molecule has 2 fully saturated rings. The first-order valence-electron chi connectivity index (χ1n) is 9.16. The first-order valence-corrected chi connectivity index (χ1v) is 9.16. The minimum Gasteiger partial charge on any atom is -0.501 e. The van der Waals surface area contributed by atoms with Gasteiger partial charge in [-0.1, -0.05) is 25.0 Å². The van der Waals surface area contributed by atoms with Crippen LogP contribution in [0.25, 0.3) is 0 Å². The van der Waals surface area contributed by atoms with Crippen molar-refractivity contribution >= 4 is 0 Å².